The van der Waals surface area contributed by atoms with Crippen LogP contribution < -0.4 is 10.4 Å². The molecule has 6 heteroatoms. The summed E-state index contributed by atoms with van der Waals surface area (Å²) in [5.74, 6) is -1.24. The van der Waals surface area contributed by atoms with Crippen LogP contribution in [-0.4, -0.2) is 23.6 Å². The zero-order valence-electron chi connectivity index (χ0n) is 14.2. The second-order valence-electron chi connectivity index (χ2n) is 7.01. The minimum Gasteiger partial charge on any atom is -0.356 e. The van der Waals surface area contributed by atoms with Crippen LogP contribution in [0, 0.1) is 11.2 Å². The highest BCUT2D eigenvalue weighted by atomic mass is 19.1. The Kier molecular flexibility index (Phi) is 4.00. The number of hydroxylamine groups is 1. The van der Waals surface area contributed by atoms with Crippen molar-refractivity contribution >= 4 is 17.5 Å². The fourth-order valence-corrected chi connectivity index (χ4v) is 3.97. The van der Waals surface area contributed by atoms with E-state index in [4.69, 9.17) is 0 Å². The second-order valence-corrected chi connectivity index (χ2v) is 7.01. The minimum atomic E-state index is -0.684. The molecule has 2 aromatic rings. The number of hydrogen-bond donors (Lipinski definition) is 2. The van der Waals surface area contributed by atoms with Gasteiger partial charge in [0.1, 0.15) is 11.5 Å². The van der Waals surface area contributed by atoms with Crippen molar-refractivity contribution in [3.05, 3.63) is 65.0 Å². The number of halogens is 1. The largest absolute Gasteiger partial charge is 0.356 e. The van der Waals surface area contributed by atoms with E-state index in [1.165, 1.54) is 18.2 Å². The minimum absolute atomic E-state index is 0.115. The first kappa shape index (κ1) is 16.7. The highest BCUT2D eigenvalue weighted by Crippen LogP contribution is 2.41. The number of hydrogen-bond acceptors (Lipinski definition) is 3. The molecule has 1 aliphatic heterocycles. The van der Waals surface area contributed by atoms with Crippen molar-refractivity contribution in [2.24, 2.45) is 5.41 Å². The maximum absolute atomic E-state index is 13.8. The van der Waals surface area contributed by atoms with Crippen molar-refractivity contribution in [3.63, 3.8) is 0 Å². The molecule has 5 nitrogen and oxygen atoms in total. The lowest BCUT2D eigenvalue weighted by Crippen LogP contribution is -2.36. The number of para-hydroxylation sites is 1. The monoisotopic (exact) mass is 354 g/mol. The van der Waals surface area contributed by atoms with Crippen molar-refractivity contribution in [1.29, 1.82) is 0 Å². The Morgan fingerprint density at radius 1 is 1.15 bits per heavy atom. The molecule has 1 atom stereocenters. The molecule has 0 aromatic heterocycles. The quantitative estimate of drug-likeness (QED) is 0.644. The van der Waals surface area contributed by atoms with Gasteiger partial charge in [0.15, 0.2) is 0 Å². The van der Waals surface area contributed by atoms with E-state index in [1.807, 2.05) is 6.07 Å². The molecule has 0 unspecified atom stereocenters. The van der Waals surface area contributed by atoms with Crippen LogP contribution in [-0.2, 0) is 17.6 Å². The molecular weight excluding hydrogens is 335 g/mol. The van der Waals surface area contributed by atoms with Crippen LogP contribution in [0.2, 0.25) is 0 Å². The van der Waals surface area contributed by atoms with E-state index >= 15 is 0 Å². The Balaban J connectivity index is 1.59. The Bertz CT molecular complexity index is 898. The molecule has 1 saturated heterocycles. The van der Waals surface area contributed by atoms with Crippen molar-refractivity contribution < 1.29 is 19.2 Å². The summed E-state index contributed by atoms with van der Waals surface area (Å²) in [6.07, 6.45) is 2.96. The van der Waals surface area contributed by atoms with E-state index < -0.39 is 11.7 Å². The third-order valence-electron chi connectivity index (χ3n) is 5.50. The Hall–Kier alpha value is -2.73. The SMILES string of the molecule is O=C(c1ccc2c(c1)CC[C@]1(CCNC1=O)C2)N(O)c1ccccc1F. The molecule has 4 rings (SSSR count). The zero-order valence-corrected chi connectivity index (χ0v) is 14.2. The first-order valence-electron chi connectivity index (χ1n) is 8.68. The molecule has 1 aliphatic carbocycles. The molecular formula is C20H19FN2O3. The highest BCUT2D eigenvalue weighted by molar-refractivity contribution is 6.04. The van der Waals surface area contributed by atoms with Crippen LogP contribution >= 0.6 is 0 Å². The van der Waals surface area contributed by atoms with Gasteiger partial charge >= 0.3 is 0 Å². The summed E-state index contributed by atoms with van der Waals surface area (Å²) in [6.45, 7) is 0.715. The van der Waals surface area contributed by atoms with Crippen LogP contribution in [0.4, 0.5) is 10.1 Å². The maximum Gasteiger partial charge on any atom is 0.282 e. The van der Waals surface area contributed by atoms with Gasteiger partial charge in [0, 0.05) is 12.1 Å². The van der Waals surface area contributed by atoms with Gasteiger partial charge in [-0.15, -0.1) is 0 Å². The lowest BCUT2D eigenvalue weighted by atomic mass is 9.70. The first-order chi connectivity index (χ1) is 12.5. The first-order valence-corrected chi connectivity index (χ1v) is 8.68. The predicted octanol–water partition coefficient (Wildman–Crippen LogP) is 2.86. The van der Waals surface area contributed by atoms with Gasteiger partial charge in [-0.25, -0.2) is 4.39 Å². The fraction of sp³-hybridized carbons (Fsp3) is 0.300. The number of carbonyl (C=O) groups is 2. The molecule has 26 heavy (non-hydrogen) atoms. The summed E-state index contributed by atoms with van der Waals surface area (Å²) in [6, 6.07) is 10.8. The number of fused-ring (bicyclic) bond motifs is 1. The number of benzene rings is 2. The average molecular weight is 354 g/mol. The normalized spacial score (nSPS) is 21.4. The fourth-order valence-electron chi connectivity index (χ4n) is 3.97. The Morgan fingerprint density at radius 2 is 1.96 bits per heavy atom. The van der Waals surface area contributed by atoms with Crippen LogP contribution in [0.3, 0.4) is 0 Å². The van der Waals surface area contributed by atoms with E-state index in [9.17, 15) is 19.2 Å². The molecule has 2 N–H and O–H groups in total. The number of rotatable bonds is 2. The number of amides is 2. The van der Waals surface area contributed by atoms with Crippen molar-refractivity contribution in [2.75, 3.05) is 11.6 Å². The van der Waals surface area contributed by atoms with Crippen LogP contribution in [0.25, 0.3) is 0 Å². The molecule has 1 heterocycles. The highest BCUT2D eigenvalue weighted by Gasteiger charge is 2.44. The van der Waals surface area contributed by atoms with Crippen molar-refractivity contribution in [3.8, 4) is 0 Å². The molecule has 0 radical (unpaired) electrons. The number of nitrogens with one attached hydrogen (secondary N) is 1. The third-order valence-corrected chi connectivity index (χ3v) is 5.50. The van der Waals surface area contributed by atoms with Gasteiger partial charge in [-0.2, -0.15) is 5.06 Å². The van der Waals surface area contributed by atoms with Crippen molar-refractivity contribution in [2.45, 2.75) is 25.7 Å². The van der Waals surface area contributed by atoms with Gasteiger partial charge in [0.05, 0.1) is 5.41 Å². The molecule has 2 amide bonds. The zero-order chi connectivity index (χ0) is 18.3. The van der Waals surface area contributed by atoms with Gasteiger partial charge in [-0.1, -0.05) is 18.2 Å². The van der Waals surface area contributed by atoms with Gasteiger partial charge < -0.3 is 5.32 Å². The Labute approximate surface area is 150 Å². The second kappa shape index (κ2) is 6.21. The topological polar surface area (TPSA) is 69.6 Å². The van der Waals surface area contributed by atoms with E-state index in [0.29, 0.717) is 30.0 Å². The molecule has 0 saturated carbocycles. The standard InChI is InChI=1S/C20H19FN2O3/c21-16-3-1-2-4-17(16)23(26)18(24)14-5-6-15-12-20(8-7-13(15)11-14)9-10-22-19(20)25/h1-6,11,26H,7-10,12H2,(H,22,25)/t20-/m0/s1. The molecule has 2 aromatic carbocycles. The lowest BCUT2D eigenvalue weighted by Gasteiger charge is -2.32. The average Bonchev–Trinajstić information content (AvgIpc) is 3.00. The molecule has 1 spiro atoms. The maximum atomic E-state index is 13.8. The van der Waals surface area contributed by atoms with Crippen LogP contribution in [0.1, 0.15) is 34.3 Å². The summed E-state index contributed by atoms with van der Waals surface area (Å²) < 4.78 is 13.8. The molecule has 134 valence electrons. The molecule has 1 fully saturated rings. The van der Waals surface area contributed by atoms with Gasteiger partial charge in [-0.3, -0.25) is 14.8 Å². The summed E-state index contributed by atoms with van der Waals surface area (Å²) in [4.78, 5) is 24.7. The smallest absolute Gasteiger partial charge is 0.282 e. The van der Waals surface area contributed by atoms with E-state index in [0.717, 1.165) is 24.0 Å². The summed E-state index contributed by atoms with van der Waals surface area (Å²) in [5, 5.41) is 13.4. The predicted molar refractivity (Wildman–Crippen MR) is 93.5 cm³/mol. The molecule has 2 aliphatic rings. The van der Waals surface area contributed by atoms with Gasteiger partial charge in [0.25, 0.3) is 5.91 Å². The van der Waals surface area contributed by atoms with E-state index in [-0.39, 0.29) is 17.0 Å². The third kappa shape index (κ3) is 2.66. The number of anilines is 1. The van der Waals surface area contributed by atoms with Gasteiger partial charge in [-0.05, 0) is 61.1 Å². The molecule has 0 bridgehead atoms. The van der Waals surface area contributed by atoms with E-state index in [2.05, 4.69) is 5.32 Å². The van der Waals surface area contributed by atoms with Crippen LogP contribution in [0.5, 0.6) is 0 Å². The number of aryl methyl sites for hydroxylation is 1. The van der Waals surface area contributed by atoms with Crippen molar-refractivity contribution in [1.82, 2.24) is 5.32 Å². The number of nitrogens with zero attached hydrogens (tertiary/aromatic N) is 1. The summed E-state index contributed by atoms with van der Waals surface area (Å²) in [7, 11) is 0. The summed E-state index contributed by atoms with van der Waals surface area (Å²) >= 11 is 0. The number of carbonyl (C=O) groups excluding carboxylic acids is 2. The van der Waals surface area contributed by atoms with E-state index in [1.54, 1.807) is 18.2 Å². The van der Waals surface area contributed by atoms with Crippen LogP contribution in [0.15, 0.2) is 42.5 Å². The Morgan fingerprint density at radius 3 is 2.69 bits per heavy atom. The van der Waals surface area contributed by atoms with Gasteiger partial charge in [0.2, 0.25) is 5.91 Å². The summed E-state index contributed by atoms with van der Waals surface area (Å²) in [5.41, 5.74) is 1.84. The lowest BCUT2D eigenvalue weighted by molar-refractivity contribution is -0.128.